The molecule has 1 aromatic carbocycles. The highest BCUT2D eigenvalue weighted by molar-refractivity contribution is 8.15. The van der Waals surface area contributed by atoms with Crippen LogP contribution in [0, 0.1) is 11.6 Å². The van der Waals surface area contributed by atoms with Crippen LogP contribution >= 0.6 is 11.8 Å². The zero-order valence-electron chi connectivity index (χ0n) is 14.0. The maximum atomic E-state index is 14.4. The molecule has 8 nitrogen and oxygen atoms in total. The number of thioether (sulfide) groups is 1. The number of benzene rings is 1. The fourth-order valence-corrected chi connectivity index (χ4v) is 5.64. The lowest BCUT2D eigenvalue weighted by Gasteiger charge is -2.14. The van der Waals surface area contributed by atoms with Crippen molar-refractivity contribution in [2.75, 3.05) is 36.7 Å². The summed E-state index contributed by atoms with van der Waals surface area (Å²) < 4.78 is 67.0. The third-order valence-corrected chi connectivity index (χ3v) is 6.44. The lowest BCUT2D eigenvalue weighted by Crippen LogP contribution is -2.27. The first-order chi connectivity index (χ1) is 12.7. The molecular weight excluding hydrogens is 406 g/mol. The Morgan fingerprint density at radius 2 is 2.00 bits per heavy atom. The van der Waals surface area contributed by atoms with E-state index < -0.39 is 43.8 Å². The summed E-state index contributed by atoms with van der Waals surface area (Å²) >= 11 is 0.853. The summed E-state index contributed by atoms with van der Waals surface area (Å²) in [5.74, 6) is -2.62. The number of ether oxygens (including phenoxy) is 2. The van der Waals surface area contributed by atoms with Gasteiger partial charge in [0.2, 0.25) is 11.4 Å². The van der Waals surface area contributed by atoms with Gasteiger partial charge >= 0.3 is 0 Å². The molecule has 2 fully saturated rings. The summed E-state index contributed by atoms with van der Waals surface area (Å²) in [6.45, 7) is 0.548. The Hall–Kier alpha value is -1.76. The number of carbonyl (C=O) groups excluding carboxylic acids is 1. The number of halogens is 2. The molecule has 1 atom stereocenters. The fourth-order valence-electron chi connectivity index (χ4n) is 3.05. The highest BCUT2D eigenvalue weighted by Gasteiger charge is 2.37. The number of sulfone groups is 1. The van der Waals surface area contributed by atoms with Crippen LogP contribution in [0.4, 0.5) is 19.4 Å². The average molecular weight is 420 g/mol. The zero-order chi connectivity index (χ0) is 19.3. The number of aromatic nitrogens is 1. The van der Waals surface area contributed by atoms with Crippen molar-refractivity contribution in [3.05, 3.63) is 23.3 Å². The van der Waals surface area contributed by atoms with E-state index in [0.29, 0.717) is 0 Å². The molecule has 0 spiro atoms. The summed E-state index contributed by atoms with van der Waals surface area (Å²) in [7, 11) is -3.28. The summed E-state index contributed by atoms with van der Waals surface area (Å²) in [6, 6.07) is 1.28. The molecule has 3 heterocycles. The van der Waals surface area contributed by atoms with Crippen molar-refractivity contribution >= 4 is 43.6 Å². The molecular formula is C15H14F2N2O6S2. The van der Waals surface area contributed by atoms with Crippen LogP contribution in [0.25, 0.3) is 11.0 Å². The number of carbonyl (C=O) groups is 1. The third kappa shape index (κ3) is 3.42. The lowest BCUT2D eigenvalue weighted by atomic mass is 10.1. The number of anilines is 1. The molecule has 2 aromatic rings. The number of hydrogen-bond donors (Lipinski definition) is 0. The van der Waals surface area contributed by atoms with Crippen molar-refractivity contribution in [1.29, 1.82) is 0 Å². The molecule has 0 N–H and O–H groups in total. The molecule has 4 rings (SSSR count). The highest BCUT2D eigenvalue weighted by Crippen LogP contribution is 2.39. The van der Waals surface area contributed by atoms with E-state index in [4.69, 9.17) is 14.0 Å². The van der Waals surface area contributed by atoms with Crippen LogP contribution < -0.4 is 4.90 Å². The zero-order valence-corrected chi connectivity index (χ0v) is 15.6. The van der Waals surface area contributed by atoms with Crippen LogP contribution in [-0.2, 0) is 19.3 Å². The largest absolute Gasteiger partial charge is 0.351 e. The molecule has 2 saturated heterocycles. The molecule has 2 aliphatic heterocycles. The standard InChI is InChI=1S/C15H14F2N2O6S2/c1-27(21,22)6-7-5-19(15(20)26-7)13-9-4-8(14-23-2-3-24-14)10(16)11(17)12(9)25-18-13/h4,7,14H,2-3,5-6H2,1H3/t7-/m1/s1. The molecule has 0 radical (unpaired) electrons. The third-order valence-electron chi connectivity index (χ3n) is 4.15. The SMILES string of the molecule is CS(=O)(=O)C[C@H]1CN(c2noc3c(F)c(F)c(C4OCCO4)cc23)C(=O)S1. The fraction of sp³-hybridized carbons (Fsp3) is 0.467. The van der Waals surface area contributed by atoms with Crippen LogP contribution in [0.5, 0.6) is 0 Å². The van der Waals surface area contributed by atoms with Gasteiger partial charge in [-0.15, -0.1) is 0 Å². The number of hydrogen-bond acceptors (Lipinski definition) is 8. The molecule has 12 heteroatoms. The first-order valence-electron chi connectivity index (χ1n) is 7.91. The van der Waals surface area contributed by atoms with Crippen molar-refractivity contribution in [2.45, 2.75) is 11.5 Å². The average Bonchev–Trinajstić information content (AvgIpc) is 3.29. The Bertz CT molecular complexity index is 1020. The molecule has 1 amide bonds. The van der Waals surface area contributed by atoms with E-state index in [9.17, 15) is 22.0 Å². The van der Waals surface area contributed by atoms with Crippen molar-refractivity contribution in [3.63, 3.8) is 0 Å². The van der Waals surface area contributed by atoms with Gasteiger partial charge in [-0.05, 0) is 6.07 Å². The van der Waals surface area contributed by atoms with Crippen molar-refractivity contribution in [3.8, 4) is 0 Å². The molecule has 0 bridgehead atoms. The van der Waals surface area contributed by atoms with E-state index in [2.05, 4.69) is 5.16 Å². The Morgan fingerprint density at radius 1 is 1.30 bits per heavy atom. The molecule has 27 heavy (non-hydrogen) atoms. The molecule has 1 aromatic heterocycles. The predicted octanol–water partition coefficient (Wildman–Crippen LogP) is 2.24. The van der Waals surface area contributed by atoms with Crippen LogP contribution in [-0.4, -0.2) is 55.8 Å². The number of amides is 1. The smallest absolute Gasteiger partial charge is 0.287 e. The van der Waals surface area contributed by atoms with Gasteiger partial charge in [-0.2, -0.15) is 4.39 Å². The van der Waals surface area contributed by atoms with Crippen molar-refractivity contribution in [2.24, 2.45) is 0 Å². The van der Waals surface area contributed by atoms with Gasteiger partial charge in [-0.3, -0.25) is 9.69 Å². The molecule has 2 aliphatic rings. The molecule has 0 unspecified atom stereocenters. The van der Waals surface area contributed by atoms with Gasteiger partial charge in [-0.1, -0.05) is 16.9 Å². The van der Waals surface area contributed by atoms with Gasteiger partial charge in [0, 0.05) is 23.6 Å². The summed E-state index contributed by atoms with van der Waals surface area (Å²) in [5.41, 5.74) is -0.595. The van der Waals surface area contributed by atoms with Crippen LogP contribution in [0.1, 0.15) is 11.9 Å². The Kier molecular flexibility index (Phi) is 4.61. The molecule has 146 valence electrons. The minimum Gasteiger partial charge on any atom is -0.351 e. The van der Waals surface area contributed by atoms with Crippen molar-refractivity contribution < 1.29 is 36.0 Å². The first-order valence-corrected chi connectivity index (χ1v) is 10.8. The normalized spacial score (nSPS) is 21.7. The maximum absolute atomic E-state index is 14.4. The highest BCUT2D eigenvalue weighted by atomic mass is 32.2. The van der Waals surface area contributed by atoms with Crippen LogP contribution in [0.3, 0.4) is 0 Å². The Labute approximate surface area is 156 Å². The van der Waals surface area contributed by atoms with Gasteiger partial charge in [-0.25, -0.2) is 12.8 Å². The van der Waals surface area contributed by atoms with E-state index in [-0.39, 0.29) is 42.3 Å². The summed E-state index contributed by atoms with van der Waals surface area (Å²) in [4.78, 5) is 13.5. The van der Waals surface area contributed by atoms with Gasteiger partial charge < -0.3 is 14.0 Å². The Morgan fingerprint density at radius 3 is 2.67 bits per heavy atom. The molecule has 0 aliphatic carbocycles. The van der Waals surface area contributed by atoms with E-state index in [0.717, 1.165) is 18.0 Å². The molecule has 0 saturated carbocycles. The quantitative estimate of drug-likeness (QED) is 0.743. The van der Waals surface area contributed by atoms with Gasteiger partial charge in [0.15, 0.2) is 17.9 Å². The van der Waals surface area contributed by atoms with Gasteiger partial charge in [0.05, 0.1) is 24.4 Å². The number of fused-ring (bicyclic) bond motifs is 1. The maximum Gasteiger partial charge on any atom is 0.287 e. The van der Waals surface area contributed by atoms with E-state index in [1.54, 1.807) is 0 Å². The summed E-state index contributed by atoms with van der Waals surface area (Å²) in [6.07, 6.45) is 0.0198. The van der Waals surface area contributed by atoms with E-state index in [1.165, 1.54) is 11.0 Å². The van der Waals surface area contributed by atoms with Crippen LogP contribution in [0.2, 0.25) is 0 Å². The van der Waals surface area contributed by atoms with E-state index in [1.807, 2.05) is 0 Å². The second-order valence-corrected chi connectivity index (χ2v) is 9.70. The first kappa shape index (κ1) is 18.6. The predicted molar refractivity (Wildman–Crippen MR) is 92.4 cm³/mol. The number of rotatable bonds is 4. The topological polar surface area (TPSA) is 98.9 Å². The van der Waals surface area contributed by atoms with Crippen LogP contribution in [0.15, 0.2) is 10.6 Å². The second-order valence-electron chi connectivity index (χ2n) is 6.26. The van der Waals surface area contributed by atoms with Gasteiger partial charge in [0.25, 0.3) is 5.24 Å². The monoisotopic (exact) mass is 420 g/mol. The van der Waals surface area contributed by atoms with Gasteiger partial charge in [0.1, 0.15) is 9.84 Å². The minimum absolute atomic E-state index is 0.00310. The minimum atomic E-state index is -3.28. The number of nitrogens with zero attached hydrogens (tertiary/aromatic N) is 2. The summed E-state index contributed by atoms with van der Waals surface area (Å²) in [5, 5.41) is 2.85. The Balaban J connectivity index is 1.73. The second kappa shape index (κ2) is 6.69. The van der Waals surface area contributed by atoms with Crippen molar-refractivity contribution in [1.82, 2.24) is 5.16 Å². The lowest BCUT2D eigenvalue weighted by molar-refractivity contribution is -0.0467. The van der Waals surface area contributed by atoms with E-state index >= 15 is 0 Å².